The van der Waals surface area contributed by atoms with Crippen molar-refractivity contribution >= 4 is 23.8 Å². The molecule has 6 heteroatoms. The highest BCUT2D eigenvalue weighted by atomic mass is 35.5. The zero-order valence-corrected chi connectivity index (χ0v) is 12.9. The molecule has 1 fully saturated rings. The number of nitrogens with zero attached hydrogens (tertiary/aromatic N) is 3. The number of benzene rings is 1. The SMILES string of the molecule is COC1(C)CN(C(=O)N2N=CC[C@H]2c2ccc(Cl)cc2)C1. The molecule has 0 spiro atoms. The molecule has 1 aromatic carbocycles. The van der Waals surface area contributed by atoms with E-state index in [1.165, 1.54) is 0 Å². The van der Waals surface area contributed by atoms with Crippen LogP contribution in [0.2, 0.25) is 5.02 Å². The lowest BCUT2D eigenvalue weighted by Crippen LogP contribution is -2.64. The molecule has 0 aliphatic carbocycles. The molecule has 0 N–H and O–H groups in total. The van der Waals surface area contributed by atoms with E-state index in [2.05, 4.69) is 5.10 Å². The monoisotopic (exact) mass is 307 g/mol. The summed E-state index contributed by atoms with van der Waals surface area (Å²) < 4.78 is 5.38. The molecular weight excluding hydrogens is 290 g/mol. The molecule has 1 aromatic rings. The molecule has 2 amide bonds. The number of methoxy groups -OCH3 is 1. The molecule has 112 valence electrons. The molecule has 0 unspecified atom stereocenters. The van der Waals surface area contributed by atoms with Crippen molar-refractivity contribution < 1.29 is 9.53 Å². The largest absolute Gasteiger partial charge is 0.375 e. The number of hydrazone groups is 1. The third kappa shape index (κ3) is 2.63. The molecule has 5 nitrogen and oxygen atoms in total. The van der Waals surface area contributed by atoms with Crippen LogP contribution in [-0.2, 0) is 4.74 Å². The molecule has 3 rings (SSSR count). The van der Waals surface area contributed by atoms with Gasteiger partial charge in [0, 0.05) is 24.8 Å². The molecule has 0 aromatic heterocycles. The van der Waals surface area contributed by atoms with Gasteiger partial charge in [0.25, 0.3) is 0 Å². The van der Waals surface area contributed by atoms with Crippen LogP contribution in [0, 0.1) is 0 Å². The predicted molar refractivity (Wildman–Crippen MR) is 81.5 cm³/mol. The van der Waals surface area contributed by atoms with Crippen molar-refractivity contribution in [3.05, 3.63) is 34.9 Å². The number of hydrogen-bond donors (Lipinski definition) is 0. The van der Waals surface area contributed by atoms with Crippen LogP contribution < -0.4 is 0 Å². The normalized spacial score (nSPS) is 23.3. The first-order valence-corrected chi connectivity index (χ1v) is 7.31. The van der Waals surface area contributed by atoms with Crippen molar-refractivity contribution in [2.75, 3.05) is 20.2 Å². The van der Waals surface area contributed by atoms with E-state index < -0.39 is 0 Å². The van der Waals surface area contributed by atoms with E-state index in [0.717, 1.165) is 12.0 Å². The van der Waals surface area contributed by atoms with E-state index in [0.29, 0.717) is 18.1 Å². The summed E-state index contributed by atoms with van der Waals surface area (Å²) >= 11 is 5.91. The van der Waals surface area contributed by atoms with Crippen LogP contribution in [0.4, 0.5) is 4.79 Å². The Morgan fingerprint density at radius 1 is 1.38 bits per heavy atom. The third-order valence-corrected chi connectivity index (χ3v) is 4.35. The van der Waals surface area contributed by atoms with Gasteiger partial charge < -0.3 is 9.64 Å². The fourth-order valence-corrected chi connectivity index (χ4v) is 2.86. The van der Waals surface area contributed by atoms with Gasteiger partial charge >= 0.3 is 6.03 Å². The smallest absolute Gasteiger partial charge is 0.341 e. The van der Waals surface area contributed by atoms with Crippen LogP contribution in [0.3, 0.4) is 0 Å². The number of likely N-dealkylation sites (tertiary alicyclic amines) is 1. The molecular formula is C15H18ClN3O2. The predicted octanol–water partition coefficient (Wildman–Crippen LogP) is 2.91. The van der Waals surface area contributed by atoms with Crippen molar-refractivity contribution in [3.8, 4) is 0 Å². The van der Waals surface area contributed by atoms with Crippen LogP contribution in [0.25, 0.3) is 0 Å². The van der Waals surface area contributed by atoms with Crippen LogP contribution in [0.5, 0.6) is 0 Å². The van der Waals surface area contributed by atoms with Crippen molar-refractivity contribution in [2.45, 2.75) is 25.0 Å². The highest BCUT2D eigenvalue weighted by Crippen LogP contribution is 2.32. The molecule has 1 saturated heterocycles. The fourth-order valence-electron chi connectivity index (χ4n) is 2.73. The van der Waals surface area contributed by atoms with Crippen molar-refractivity contribution in [1.29, 1.82) is 0 Å². The maximum atomic E-state index is 12.5. The lowest BCUT2D eigenvalue weighted by atomic mass is 9.97. The average Bonchev–Trinajstić information content (AvgIpc) is 2.93. The minimum atomic E-state index is -0.227. The summed E-state index contributed by atoms with van der Waals surface area (Å²) in [6.07, 6.45) is 2.51. The van der Waals surface area contributed by atoms with Gasteiger partial charge in [-0.1, -0.05) is 23.7 Å². The Hall–Kier alpha value is -1.59. The van der Waals surface area contributed by atoms with Gasteiger partial charge in [0.15, 0.2) is 0 Å². The van der Waals surface area contributed by atoms with Crippen molar-refractivity contribution in [3.63, 3.8) is 0 Å². The maximum absolute atomic E-state index is 12.5. The first-order chi connectivity index (χ1) is 10.0. The van der Waals surface area contributed by atoms with Crippen LogP contribution in [0.1, 0.15) is 24.9 Å². The molecule has 2 heterocycles. The van der Waals surface area contributed by atoms with Gasteiger partial charge in [0.05, 0.1) is 19.1 Å². The van der Waals surface area contributed by atoms with Gasteiger partial charge in [0.1, 0.15) is 5.60 Å². The minimum Gasteiger partial charge on any atom is -0.375 e. The second kappa shape index (κ2) is 5.31. The number of ether oxygens (including phenoxy) is 1. The molecule has 0 radical (unpaired) electrons. The molecule has 2 aliphatic heterocycles. The zero-order chi connectivity index (χ0) is 15.0. The summed E-state index contributed by atoms with van der Waals surface area (Å²) in [5.41, 5.74) is 0.815. The van der Waals surface area contributed by atoms with Gasteiger partial charge in [-0.3, -0.25) is 0 Å². The lowest BCUT2D eigenvalue weighted by molar-refractivity contribution is -0.0961. The quantitative estimate of drug-likeness (QED) is 0.843. The van der Waals surface area contributed by atoms with Crippen molar-refractivity contribution in [2.24, 2.45) is 5.10 Å². The fraction of sp³-hybridized carbons (Fsp3) is 0.467. The summed E-state index contributed by atoms with van der Waals surface area (Å²) in [7, 11) is 1.67. The van der Waals surface area contributed by atoms with E-state index >= 15 is 0 Å². The molecule has 0 bridgehead atoms. The third-order valence-electron chi connectivity index (χ3n) is 4.09. The highest BCUT2D eigenvalue weighted by molar-refractivity contribution is 6.30. The zero-order valence-electron chi connectivity index (χ0n) is 12.1. The number of amides is 2. The summed E-state index contributed by atoms with van der Waals surface area (Å²) in [5.74, 6) is 0. The molecule has 21 heavy (non-hydrogen) atoms. The standard InChI is InChI=1S/C15H18ClN3O2/c1-15(21-2)9-18(10-15)14(20)19-13(7-8-17-19)11-3-5-12(16)6-4-11/h3-6,8,13H,7,9-10H2,1-2H3/t13-/m0/s1. The number of rotatable bonds is 2. The van der Waals surface area contributed by atoms with Gasteiger partial charge in [0.2, 0.25) is 0 Å². The Balaban J connectivity index is 1.71. The molecule has 2 aliphatic rings. The average molecular weight is 308 g/mol. The summed E-state index contributed by atoms with van der Waals surface area (Å²) in [6, 6.07) is 7.43. The van der Waals surface area contributed by atoms with Gasteiger partial charge in [-0.05, 0) is 24.6 Å². The maximum Gasteiger partial charge on any atom is 0.341 e. The highest BCUT2D eigenvalue weighted by Gasteiger charge is 2.44. The molecule has 0 saturated carbocycles. The number of carbonyl (C=O) groups is 1. The lowest BCUT2D eigenvalue weighted by Gasteiger charge is -2.47. The second-order valence-electron chi connectivity index (χ2n) is 5.74. The Labute approximate surface area is 129 Å². The number of halogens is 1. The topological polar surface area (TPSA) is 45.1 Å². The van der Waals surface area contributed by atoms with E-state index in [4.69, 9.17) is 16.3 Å². The Bertz CT molecular complexity index is 567. The summed E-state index contributed by atoms with van der Waals surface area (Å²) in [5, 5.41) is 6.48. The van der Waals surface area contributed by atoms with E-state index in [1.807, 2.05) is 31.2 Å². The Kier molecular flexibility index (Phi) is 3.63. The van der Waals surface area contributed by atoms with Gasteiger partial charge in [-0.2, -0.15) is 5.10 Å². The molecule has 1 atom stereocenters. The van der Waals surface area contributed by atoms with Gasteiger partial charge in [-0.15, -0.1) is 0 Å². The summed E-state index contributed by atoms with van der Waals surface area (Å²) in [6.45, 7) is 3.20. The first-order valence-electron chi connectivity index (χ1n) is 6.94. The first kappa shape index (κ1) is 14.4. The van der Waals surface area contributed by atoms with E-state index in [9.17, 15) is 4.79 Å². The van der Waals surface area contributed by atoms with Gasteiger partial charge in [-0.25, -0.2) is 9.80 Å². The summed E-state index contributed by atoms with van der Waals surface area (Å²) in [4.78, 5) is 14.3. The number of carbonyl (C=O) groups excluding carboxylic acids is 1. The van der Waals surface area contributed by atoms with Crippen LogP contribution >= 0.6 is 11.6 Å². The number of hydrogen-bond acceptors (Lipinski definition) is 3. The minimum absolute atomic E-state index is 0.0517. The second-order valence-corrected chi connectivity index (χ2v) is 6.17. The van der Waals surface area contributed by atoms with E-state index in [-0.39, 0.29) is 17.7 Å². The number of urea groups is 1. The Morgan fingerprint density at radius 3 is 2.67 bits per heavy atom. The van der Waals surface area contributed by atoms with Crippen molar-refractivity contribution in [1.82, 2.24) is 9.91 Å². The van der Waals surface area contributed by atoms with E-state index in [1.54, 1.807) is 23.2 Å². The Morgan fingerprint density at radius 2 is 2.05 bits per heavy atom. The van der Waals surface area contributed by atoms with Crippen LogP contribution in [0.15, 0.2) is 29.4 Å². The van der Waals surface area contributed by atoms with Crippen LogP contribution in [-0.4, -0.2) is 48.0 Å².